The average Bonchev–Trinajstić information content (AvgIpc) is 2.37. The summed E-state index contributed by atoms with van der Waals surface area (Å²) in [5, 5.41) is 3.47. The van der Waals surface area contributed by atoms with Gasteiger partial charge in [0.05, 0.1) is 0 Å². The molecule has 1 aliphatic rings. The molecule has 1 unspecified atom stereocenters. The van der Waals surface area contributed by atoms with E-state index in [-0.39, 0.29) is 0 Å². The normalized spacial score (nSPS) is 21.5. The molecule has 0 spiro atoms. The highest BCUT2D eigenvalue weighted by molar-refractivity contribution is 5.18. The first-order chi connectivity index (χ1) is 8.90. The summed E-state index contributed by atoms with van der Waals surface area (Å²) in [6.45, 7) is 0. The molecule has 0 saturated heterocycles. The molecule has 0 bridgehead atoms. The van der Waals surface area contributed by atoms with Gasteiger partial charge in [-0.25, -0.2) is 0 Å². The van der Waals surface area contributed by atoms with Gasteiger partial charge in [-0.05, 0) is 50.8 Å². The molecule has 0 aliphatic heterocycles. The van der Waals surface area contributed by atoms with Crippen LogP contribution in [-0.2, 0) is 6.42 Å². The van der Waals surface area contributed by atoms with E-state index in [9.17, 15) is 0 Å². The third-order valence-corrected chi connectivity index (χ3v) is 3.78. The summed E-state index contributed by atoms with van der Waals surface area (Å²) >= 11 is 0. The number of hydrogen-bond acceptors (Lipinski definition) is 2. The maximum atomic E-state index is 4.20. The van der Waals surface area contributed by atoms with Gasteiger partial charge >= 0.3 is 0 Å². The van der Waals surface area contributed by atoms with Crippen LogP contribution in [0.1, 0.15) is 44.1 Å². The second-order valence-electron chi connectivity index (χ2n) is 5.14. The van der Waals surface area contributed by atoms with E-state index in [0.717, 1.165) is 6.42 Å². The smallest absolute Gasteiger partial charge is 0.0317 e. The first-order valence-corrected chi connectivity index (χ1v) is 7.15. The van der Waals surface area contributed by atoms with Gasteiger partial charge in [-0.15, -0.1) is 0 Å². The average molecular weight is 244 g/mol. The highest BCUT2D eigenvalue weighted by Crippen LogP contribution is 2.21. The number of pyridine rings is 1. The van der Waals surface area contributed by atoms with Crippen LogP contribution in [0.15, 0.2) is 36.2 Å². The van der Waals surface area contributed by atoms with Crippen LogP contribution < -0.4 is 5.32 Å². The molecule has 2 rings (SSSR count). The molecule has 1 N–H and O–H groups in total. The highest BCUT2D eigenvalue weighted by atomic mass is 14.9. The Morgan fingerprint density at radius 1 is 1.28 bits per heavy atom. The summed E-state index contributed by atoms with van der Waals surface area (Å²) in [6.07, 6.45) is 15.3. The molecule has 0 fully saturated rings. The molecular formula is C16H24N2. The Bertz CT molecular complexity index is 370. The number of nitrogens with zero attached hydrogens (tertiary/aromatic N) is 1. The SMILES string of the molecule is CNC(Cc1cccnc1)/C1=C/CCCCCC1. The summed E-state index contributed by atoms with van der Waals surface area (Å²) in [5.74, 6) is 0. The van der Waals surface area contributed by atoms with Gasteiger partial charge in [0.25, 0.3) is 0 Å². The fraction of sp³-hybridized carbons (Fsp3) is 0.562. The van der Waals surface area contributed by atoms with E-state index in [1.807, 2.05) is 18.5 Å². The van der Waals surface area contributed by atoms with Gasteiger partial charge in [0.15, 0.2) is 0 Å². The zero-order valence-electron chi connectivity index (χ0n) is 11.4. The summed E-state index contributed by atoms with van der Waals surface area (Å²) in [4.78, 5) is 4.20. The van der Waals surface area contributed by atoms with E-state index < -0.39 is 0 Å². The molecule has 2 nitrogen and oxygen atoms in total. The first-order valence-electron chi connectivity index (χ1n) is 7.15. The Labute approximate surface area is 111 Å². The lowest BCUT2D eigenvalue weighted by Gasteiger charge is -2.22. The second-order valence-corrected chi connectivity index (χ2v) is 5.14. The fourth-order valence-corrected chi connectivity index (χ4v) is 2.71. The van der Waals surface area contributed by atoms with Crippen molar-refractivity contribution >= 4 is 0 Å². The standard InChI is InChI=1S/C16H24N2/c1-17-16(12-14-8-7-11-18-13-14)15-9-5-3-2-4-6-10-15/h7-9,11,13,16-17H,2-6,10,12H2,1H3/b15-9+. The minimum atomic E-state index is 0.479. The molecule has 18 heavy (non-hydrogen) atoms. The molecule has 0 radical (unpaired) electrons. The zero-order valence-corrected chi connectivity index (χ0v) is 11.4. The molecule has 1 aliphatic carbocycles. The molecular weight excluding hydrogens is 220 g/mol. The third kappa shape index (κ3) is 3.95. The van der Waals surface area contributed by atoms with Gasteiger partial charge in [-0.1, -0.05) is 30.6 Å². The van der Waals surface area contributed by atoms with E-state index in [1.54, 1.807) is 5.57 Å². The van der Waals surface area contributed by atoms with Crippen molar-refractivity contribution in [3.63, 3.8) is 0 Å². The second kappa shape index (κ2) is 7.32. The Hall–Kier alpha value is -1.15. The Balaban J connectivity index is 2.02. The minimum absolute atomic E-state index is 0.479. The molecule has 0 saturated carbocycles. The van der Waals surface area contributed by atoms with Crippen molar-refractivity contribution in [1.82, 2.24) is 10.3 Å². The van der Waals surface area contributed by atoms with E-state index in [2.05, 4.69) is 29.5 Å². The predicted molar refractivity (Wildman–Crippen MR) is 76.6 cm³/mol. The van der Waals surface area contributed by atoms with Gasteiger partial charge < -0.3 is 5.32 Å². The number of hydrogen-bond donors (Lipinski definition) is 1. The summed E-state index contributed by atoms with van der Waals surface area (Å²) in [6, 6.07) is 4.67. The minimum Gasteiger partial charge on any atom is -0.313 e. The number of aromatic nitrogens is 1. The Morgan fingerprint density at radius 2 is 2.17 bits per heavy atom. The van der Waals surface area contributed by atoms with Crippen LogP contribution in [0, 0.1) is 0 Å². The van der Waals surface area contributed by atoms with Crippen molar-refractivity contribution in [2.24, 2.45) is 0 Å². The topological polar surface area (TPSA) is 24.9 Å². The maximum absolute atomic E-state index is 4.20. The largest absolute Gasteiger partial charge is 0.313 e. The lowest BCUT2D eigenvalue weighted by atomic mass is 9.92. The fourth-order valence-electron chi connectivity index (χ4n) is 2.71. The van der Waals surface area contributed by atoms with Crippen molar-refractivity contribution in [1.29, 1.82) is 0 Å². The van der Waals surface area contributed by atoms with Crippen LogP contribution in [0.5, 0.6) is 0 Å². The van der Waals surface area contributed by atoms with Crippen LogP contribution in [0.25, 0.3) is 0 Å². The zero-order chi connectivity index (χ0) is 12.6. The van der Waals surface area contributed by atoms with Crippen molar-refractivity contribution in [3.05, 3.63) is 41.7 Å². The highest BCUT2D eigenvalue weighted by Gasteiger charge is 2.13. The van der Waals surface area contributed by atoms with Crippen molar-refractivity contribution in [2.45, 2.75) is 51.0 Å². The van der Waals surface area contributed by atoms with Crippen molar-refractivity contribution in [2.75, 3.05) is 7.05 Å². The van der Waals surface area contributed by atoms with Crippen molar-refractivity contribution < 1.29 is 0 Å². The molecule has 1 aromatic rings. The predicted octanol–water partition coefficient (Wildman–Crippen LogP) is 3.49. The Kier molecular flexibility index (Phi) is 5.40. The van der Waals surface area contributed by atoms with E-state index in [0.29, 0.717) is 6.04 Å². The number of allylic oxidation sites excluding steroid dienone is 1. The van der Waals surface area contributed by atoms with Crippen LogP contribution in [0.3, 0.4) is 0 Å². The number of likely N-dealkylation sites (N-methyl/N-ethyl adjacent to an activating group) is 1. The molecule has 1 aromatic heterocycles. The van der Waals surface area contributed by atoms with Crippen LogP contribution >= 0.6 is 0 Å². The summed E-state index contributed by atoms with van der Waals surface area (Å²) < 4.78 is 0. The lowest BCUT2D eigenvalue weighted by molar-refractivity contribution is 0.557. The van der Waals surface area contributed by atoms with E-state index in [1.165, 1.54) is 44.1 Å². The molecule has 1 heterocycles. The first kappa shape index (κ1) is 13.3. The van der Waals surface area contributed by atoms with Crippen molar-refractivity contribution in [3.8, 4) is 0 Å². The molecule has 0 amide bonds. The number of nitrogens with one attached hydrogen (secondary N) is 1. The van der Waals surface area contributed by atoms with Gasteiger partial charge in [0, 0.05) is 18.4 Å². The summed E-state index contributed by atoms with van der Waals surface area (Å²) in [7, 11) is 2.07. The van der Waals surface area contributed by atoms with Gasteiger partial charge in [-0.2, -0.15) is 0 Å². The van der Waals surface area contributed by atoms with E-state index >= 15 is 0 Å². The third-order valence-electron chi connectivity index (χ3n) is 3.78. The van der Waals surface area contributed by atoms with E-state index in [4.69, 9.17) is 0 Å². The Morgan fingerprint density at radius 3 is 2.94 bits per heavy atom. The van der Waals surface area contributed by atoms with Gasteiger partial charge in [-0.3, -0.25) is 4.98 Å². The van der Waals surface area contributed by atoms with Crippen LogP contribution in [0.4, 0.5) is 0 Å². The lowest BCUT2D eigenvalue weighted by Crippen LogP contribution is -2.30. The van der Waals surface area contributed by atoms with Crippen LogP contribution in [-0.4, -0.2) is 18.1 Å². The summed E-state index contributed by atoms with van der Waals surface area (Å²) in [5.41, 5.74) is 2.92. The van der Waals surface area contributed by atoms with Gasteiger partial charge in [0.1, 0.15) is 0 Å². The molecule has 98 valence electrons. The molecule has 0 aromatic carbocycles. The quantitative estimate of drug-likeness (QED) is 0.820. The van der Waals surface area contributed by atoms with Gasteiger partial charge in [0.2, 0.25) is 0 Å². The molecule has 1 atom stereocenters. The number of rotatable bonds is 4. The van der Waals surface area contributed by atoms with Crippen LogP contribution in [0.2, 0.25) is 0 Å². The molecule has 2 heteroatoms. The maximum Gasteiger partial charge on any atom is 0.0317 e. The monoisotopic (exact) mass is 244 g/mol.